The van der Waals surface area contributed by atoms with Crippen molar-refractivity contribution in [1.29, 1.82) is 5.26 Å². The number of nitriles is 1. The first kappa shape index (κ1) is 33.4. The van der Waals surface area contributed by atoms with Crippen LogP contribution in [0.3, 0.4) is 0 Å². The molecule has 0 N–H and O–H groups in total. The molecule has 5 nitrogen and oxygen atoms in total. The molecule has 5 heteroatoms. The van der Waals surface area contributed by atoms with Gasteiger partial charge in [0.15, 0.2) is 17.5 Å². The van der Waals surface area contributed by atoms with Crippen LogP contribution in [0.4, 0.5) is 0 Å². The van der Waals surface area contributed by atoms with Crippen LogP contribution < -0.4 is 4.74 Å². The standard InChI is InChI=1S/C53H32N4O/c54-33-34-22-24-36(25-23-34)41-16-11-19-45-49(41)42-31-30-40(32-46(42)53(45)43-17-7-9-20-47(43)58-48-21-10-8-18-44(48)53)35-26-28-39(29-27-35)52-56-50(37-12-3-1-4-13-37)55-51(57-52)38-14-5-2-6-15-38/h1-32H. The normalized spacial score (nSPS) is 12.7. The molecular weight excluding hydrogens is 709 g/mol. The first-order valence-corrected chi connectivity index (χ1v) is 19.3. The highest BCUT2D eigenvalue weighted by Gasteiger charge is 2.51. The summed E-state index contributed by atoms with van der Waals surface area (Å²) in [5, 5.41) is 9.57. The summed E-state index contributed by atoms with van der Waals surface area (Å²) in [4.78, 5) is 14.8. The molecular formula is C53H32N4O. The van der Waals surface area contributed by atoms with Gasteiger partial charge < -0.3 is 4.74 Å². The van der Waals surface area contributed by atoms with E-state index in [1.807, 2.05) is 84.9 Å². The van der Waals surface area contributed by atoms with Gasteiger partial charge in [-0.3, -0.25) is 0 Å². The molecule has 0 bridgehead atoms. The fraction of sp³-hybridized carbons (Fsp3) is 0.0189. The molecule has 9 aromatic rings. The van der Waals surface area contributed by atoms with Gasteiger partial charge in [-0.05, 0) is 74.8 Å². The highest BCUT2D eigenvalue weighted by Crippen LogP contribution is 2.63. The first-order chi connectivity index (χ1) is 28.7. The molecule has 0 fully saturated rings. The Morgan fingerprint density at radius 1 is 0.379 bits per heavy atom. The largest absolute Gasteiger partial charge is 0.457 e. The molecule has 58 heavy (non-hydrogen) atoms. The van der Waals surface area contributed by atoms with Crippen LogP contribution in [0.5, 0.6) is 11.5 Å². The Morgan fingerprint density at radius 3 is 1.45 bits per heavy atom. The van der Waals surface area contributed by atoms with E-state index in [-0.39, 0.29) is 0 Å². The Kier molecular flexibility index (Phi) is 7.70. The van der Waals surface area contributed by atoms with Crippen LogP contribution in [0.25, 0.3) is 67.5 Å². The van der Waals surface area contributed by atoms with Gasteiger partial charge in [0.1, 0.15) is 11.5 Å². The zero-order chi connectivity index (χ0) is 38.6. The van der Waals surface area contributed by atoms with Crippen LogP contribution in [0.15, 0.2) is 194 Å². The van der Waals surface area contributed by atoms with E-state index in [0.29, 0.717) is 23.0 Å². The molecule has 0 unspecified atom stereocenters. The van der Waals surface area contributed by atoms with E-state index in [9.17, 15) is 5.26 Å². The third kappa shape index (κ3) is 5.20. The molecule has 0 radical (unpaired) electrons. The van der Waals surface area contributed by atoms with Gasteiger partial charge in [-0.2, -0.15) is 5.26 Å². The third-order valence-electron chi connectivity index (χ3n) is 11.5. The molecule has 1 aliphatic carbocycles. The summed E-state index contributed by atoms with van der Waals surface area (Å²) in [5.74, 6) is 3.58. The van der Waals surface area contributed by atoms with Gasteiger partial charge in [0, 0.05) is 27.8 Å². The Morgan fingerprint density at radius 2 is 0.862 bits per heavy atom. The maximum atomic E-state index is 9.57. The predicted molar refractivity (Wildman–Crippen MR) is 229 cm³/mol. The Balaban J connectivity index is 1.08. The van der Waals surface area contributed by atoms with Crippen LogP contribution in [0, 0.1) is 11.3 Å². The Hall–Kier alpha value is -7.94. The molecule has 1 spiro atoms. The van der Waals surface area contributed by atoms with Crippen LogP contribution >= 0.6 is 0 Å². The highest BCUT2D eigenvalue weighted by molar-refractivity contribution is 5.97. The molecule has 270 valence electrons. The molecule has 0 atom stereocenters. The summed E-state index contributed by atoms with van der Waals surface area (Å²) in [6, 6.07) is 69.2. The lowest BCUT2D eigenvalue weighted by molar-refractivity contribution is 0.436. The molecule has 1 aromatic heterocycles. The van der Waals surface area contributed by atoms with E-state index in [0.717, 1.165) is 61.6 Å². The first-order valence-electron chi connectivity index (χ1n) is 19.3. The van der Waals surface area contributed by atoms with Gasteiger partial charge in [-0.25, -0.2) is 15.0 Å². The summed E-state index contributed by atoms with van der Waals surface area (Å²) in [5.41, 5.74) is 14.1. The fourth-order valence-corrected chi connectivity index (χ4v) is 8.84. The van der Waals surface area contributed by atoms with Gasteiger partial charge >= 0.3 is 0 Å². The number of fused-ring (bicyclic) bond motifs is 9. The number of nitrogens with zero attached hydrogens (tertiary/aromatic N) is 4. The smallest absolute Gasteiger partial charge is 0.164 e. The zero-order valence-electron chi connectivity index (χ0n) is 31.2. The van der Waals surface area contributed by atoms with Gasteiger partial charge in [-0.15, -0.1) is 0 Å². The molecule has 2 aliphatic rings. The summed E-state index contributed by atoms with van der Waals surface area (Å²) in [6.07, 6.45) is 0. The monoisotopic (exact) mass is 740 g/mol. The number of hydrogen-bond acceptors (Lipinski definition) is 5. The lowest BCUT2D eigenvalue weighted by atomic mass is 9.65. The van der Waals surface area contributed by atoms with E-state index in [4.69, 9.17) is 19.7 Å². The van der Waals surface area contributed by atoms with Gasteiger partial charge in [0.2, 0.25) is 0 Å². The Bertz CT molecular complexity index is 2980. The van der Waals surface area contributed by atoms with Crippen molar-refractivity contribution < 1.29 is 4.74 Å². The summed E-state index contributed by atoms with van der Waals surface area (Å²) < 4.78 is 6.63. The highest BCUT2D eigenvalue weighted by atomic mass is 16.5. The van der Waals surface area contributed by atoms with Crippen LogP contribution in [-0.2, 0) is 5.41 Å². The average Bonchev–Trinajstić information content (AvgIpc) is 3.59. The van der Waals surface area contributed by atoms with Crippen molar-refractivity contribution in [3.8, 4) is 85.1 Å². The zero-order valence-corrected chi connectivity index (χ0v) is 31.2. The molecule has 1 aliphatic heterocycles. The predicted octanol–water partition coefficient (Wildman–Crippen LogP) is 12.5. The second-order valence-electron chi connectivity index (χ2n) is 14.6. The minimum Gasteiger partial charge on any atom is -0.457 e. The molecule has 0 amide bonds. The van der Waals surface area contributed by atoms with E-state index in [1.54, 1.807) is 0 Å². The topological polar surface area (TPSA) is 71.7 Å². The fourth-order valence-electron chi connectivity index (χ4n) is 8.84. The van der Waals surface area contributed by atoms with Crippen LogP contribution in [0.2, 0.25) is 0 Å². The second-order valence-corrected chi connectivity index (χ2v) is 14.6. The molecule has 2 heterocycles. The van der Waals surface area contributed by atoms with Crippen molar-refractivity contribution in [3.63, 3.8) is 0 Å². The third-order valence-corrected chi connectivity index (χ3v) is 11.5. The Labute approximate surface area is 336 Å². The van der Waals surface area contributed by atoms with Crippen LogP contribution in [0.1, 0.15) is 27.8 Å². The van der Waals surface area contributed by atoms with Gasteiger partial charge in [-0.1, -0.05) is 164 Å². The van der Waals surface area contributed by atoms with E-state index in [2.05, 4.69) is 115 Å². The number of rotatable bonds is 5. The summed E-state index contributed by atoms with van der Waals surface area (Å²) >= 11 is 0. The number of para-hydroxylation sites is 2. The van der Waals surface area contributed by atoms with Crippen molar-refractivity contribution in [3.05, 3.63) is 222 Å². The number of ether oxygens (including phenoxy) is 1. The molecule has 0 saturated heterocycles. The van der Waals surface area contributed by atoms with Gasteiger partial charge in [0.05, 0.1) is 17.0 Å². The van der Waals surface area contributed by atoms with Crippen molar-refractivity contribution in [2.75, 3.05) is 0 Å². The quantitative estimate of drug-likeness (QED) is 0.176. The number of hydrogen-bond donors (Lipinski definition) is 0. The summed E-state index contributed by atoms with van der Waals surface area (Å²) in [7, 11) is 0. The van der Waals surface area contributed by atoms with Gasteiger partial charge in [0.25, 0.3) is 0 Å². The maximum absolute atomic E-state index is 9.57. The minimum absolute atomic E-state index is 0.619. The van der Waals surface area contributed by atoms with E-state index in [1.165, 1.54) is 22.3 Å². The maximum Gasteiger partial charge on any atom is 0.164 e. The minimum atomic E-state index is -0.638. The summed E-state index contributed by atoms with van der Waals surface area (Å²) in [6.45, 7) is 0. The van der Waals surface area contributed by atoms with Crippen molar-refractivity contribution in [2.24, 2.45) is 0 Å². The number of aromatic nitrogens is 3. The lowest BCUT2D eigenvalue weighted by Crippen LogP contribution is -2.32. The molecule has 11 rings (SSSR count). The molecule has 8 aromatic carbocycles. The second kappa shape index (κ2) is 13.4. The average molecular weight is 741 g/mol. The molecule has 0 saturated carbocycles. The van der Waals surface area contributed by atoms with Crippen molar-refractivity contribution in [1.82, 2.24) is 15.0 Å². The van der Waals surface area contributed by atoms with E-state index < -0.39 is 5.41 Å². The lowest BCUT2D eigenvalue weighted by Gasteiger charge is -2.39. The van der Waals surface area contributed by atoms with E-state index >= 15 is 0 Å². The van der Waals surface area contributed by atoms with Crippen LogP contribution in [-0.4, -0.2) is 15.0 Å². The SMILES string of the molecule is N#Cc1ccc(-c2cccc3c2-c2ccc(-c4ccc(-c5nc(-c6ccccc6)nc(-c6ccccc6)n5)cc4)cc2C32c3ccccc3Oc3ccccc32)cc1. The van der Waals surface area contributed by atoms with Crippen molar-refractivity contribution >= 4 is 0 Å². The number of benzene rings is 8. The van der Waals surface area contributed by atoms with Crippen molar-refractivity contribution in [2.45, 2.75) is 5.41 Å².